The average Bonchev–Trinajstić information content (AvgIpc) is 3.37. The smallest absolute Gasteiger partial charge is 0.269 e. The fourth-order valence-corrected chi connectivity index (χ4v) is 5.82. The van der Waals surface area contributed by atoms with Crippen LogP contribution in [0.5, 0.6) is 11.5 Å². The number of likely N-dealkylation sites (tertiary alicyclic amines) is 1. The highest BCUT2D eigenvalue weighted by Gasteiger charge is 2.68. The normalized spacial score (nSPS) is 22.2. The molecule has 3 atom stereocenters. The van der Waals surface area contributed by atoms with Crippen LogP contribution in [0.4, 0.5) is 11.4 Å². The van der Waals surface area contributed by atoms with Gasteiger partial charge >= 0.3 is 0 Å². The zero-order valence-corrected chi connectivity index (χ0v) is 21.2. The summed E-state index contributed by atoms with van der Waals surface area (Å²) in [5, 5.41) is 26.4. The Balaban J connectivity index is 1.48. The van der Waals surface area contributed by atoms with Crippen molar-refractivity contribution >= 4 is 28.9 Å². The van der Waals surface area contributed by atoms with E-state index in [0.29, 0.717) is 22.4 Å². The van der Waals surface area contributed by atoms with Gasteiger partial charge in [-0.15, -0.1) is 0 Å². The van der Waals surface area contributed by atoms with Gasteiger partial charge in [-0.25, -0.2) is 0 Å². The number of nitro groups is 2. The zero-order valence-electron chi connectivity index (χ0n) is 20.4. The van der Waals surface area contributed by atoms with Crippen molar-refractivity contribution in [2.24, 2.45) is 0 Å². The first-order chi connectivity index (χ1) is 18.2. The fraction of sp³-hybridized carbons (Fsp3) is 0.269. The number of carbonyl (C=O) groups is 1. The van der Waals surface area contributed by atoms with E-state index in [2.05, 4.69) is 5.32 Å². The van der Waals surface area contributed by atoms with Crippen molar-refractivity contribution < 1.29 is 24.1 Å². The number of benzene rings is 3. The molecule has 0 aliphatic carbocycles. The Morgan fingerprint density at radius 3 is 2.50 bits per heavy atom. The third-order valence-corrected chi connectivity index (χ3v) is 7.53. The standard InChI is InChI=1S/C26H23ClN4O7/c1-29-13-18(24(31(35)36)26(29)19-5-3-4-6-21(19)28-25(26)32)16-11-20(27)23(22(12-16)37-2)38-14-15-7-9-17(10-8-15)30(33)34/h3-12,18,24H,13-14H2,1-2H3,(H,28,32)/t18-,24-,26-/m0/s1. The Morgan fingerprint density at radius 1 is 1.13 bits per heavy atom. The Labute approximate surface area is 222 Å². The molecule has 196 valence electrons. The second-order valence-corrected chi connectivity index (χ2v) is 9.64. The van der Waals surface area contributed by atoms with Gasteiger partial charge in [-0.1, -0.05) is 29.8 Å². The summed E-state index contributed by atoms with van der Waals surface area (Å²) in [6.07, 6.45) is 0. The van der Waals surface area contributed by atoms with Crippen molar-refractivity contribution in [1.29, 1.82) is 0 Å². The molecular formula is C26H23ClN4O7. The second-order valence-electron chi connectivity index (χ2n) is 9.23. The van der Waals surface area contributed by atoms with Crippen LogP contribution >= 0.6 is 11.6 Å². The van der Waals surface area contributed by atoms with Crippen LogP contribution in [0.15, 0.2) is 60.7 Å². The van der Waals surface area contributed by atoms with Gasteiger partial charge in [0.15, 0.2) is 17.0 Å². The number of ether oxygens (including phenoxy) is 2. The average molecular weight is 539 g/mol. The molecule has 2 aliphatic heterocycles. The molecular weight excluding hydrogens is 516 g/mol. The van der Waals surface area contributed by atoms with E-state index in [1.165, 1.54) is 19.2 Å². The van der Waals surface area contributed by atoms with Gasteiger partial charge in [0.25, 0.3) is 17.6 Å². The van der Waals surface area contributed by atoms with Crippen LogP contribution in [0.1, 0.15) is 22.6 Å². The third kappa shape index (κ3) is 3.91. The number of carbonyl (C=O) groups excluding carboxylic acids is 1. The lowest BCUT2D eigenvalue weighted by molar-refractivity contribution is -0.534. The molecule has 2 aliphatic rings. The molecule has 3 aromatic carbocycles. The molecule has 0 unspecified atom stereocenters. The topological polar surface area (TPSA) is 137 Å². The Morgan fingerprint density at radius 2 is 1.84 bits per heavy atom. The number of anilines is 1. The molecule has 0 saturated carbocycles. The molecule has 5 rings (SSSR count). The molecule has 0 aromatic heterocycles. The monoisotopic (exact) mass is 538 g/mol. The Hall–Kier alpha value is -4.22. The number of rotatable bonds is 7. The largest absolute Gasteiger partial charge is 0.493 e. The van der Waals surface area contributed by atoms with Crippen molar-refractivity contribution in [2.75, 3.05) is 26.0 Å². The number of nitrogens with zero attached hydrogens (tertiary/aromatic N) is 3. The number of likely N-dealkylation sites (N-methyl/N-ethyl adjacent to an activating group) is 1. The van der Waals surface area contributed by atoms with Crippen LogP contribution in [0.2, 0.25) is 5.02 Å². The van der Waals surface area contributed by atoms with Gasteiger partial charge in [-0.05, 0) is 48.5 Å². The maximum atomic E-state index is 13.3. The van der Waals surface area contributed by atoms with Gasteiger partial charge in [0.1, 0.15) is 6.61 Å². The van der Waals surface area contributed by atoms with Gasteiger partial charge in [0.05, 0.1) is 23.0 Å². The van der Waals surface area contributed by atoms with Gasteiger partial charge in [0, 0.05) is 34.9 Å². The van der Waals surface area contributed by atoms with Crippen molar-refractivity contribution in [1.82, 2.24) is 4.90 Å². The van der Waals surface area contributed by atoms with Crippen LogP contribution in [-0.4, -0.2) is 47.4 Å². The van der Waals surface area contributed by atoms with Crippen LogP contribution < -0.4 is 14.8 Å². The quantitative estimate of drug-likeness (QED) is 0.346. The molecule has 12 heteroatoms. The van der Waals surface area contributed by atoms with E-state index in [9.17, 15) is 25.0 Å². The lowest BCUT2D eigenvalue weighted by atomic mass is 9.79. The number of hydrogen-bond donors (Lipinski definition) is 1. The summed E-state index contributed by atoms with van der Waals surface area (Å²) in [4.78, 5) is 37.6. The van der Waals surface area contributed by atoms with Crippen LogP contribution in [-0.2, 0) is 16.9 Å². The van der Waals surface area contributed by atoms with E-state index >= 15 is 0 Å². The number of amides is 1. The van der Waals surface area contributed by atoms with Gasteiger partial charge < -0.3 is 14.8 Å². The van der Waals surface area contributed by atoms with E-state index in [0.717, 1.165) is 0 Å². The van der Waals surface area contributed by atoms with Crippen molar-refractivity contribution in [3.8, 4) is 11.5 Å². The van der Waals surface area contributed by atoms with Gasteiger partial charge in [-0.2, -0.15) is 0 Å². The summed E-state index contributed by atoms with van der Waals surface area (Å²) >= 11 is 6.59. The predicted octanol–water partition coefficient (Wildman–Crippen LogP) is 4.36. The highest BCUT2D eigenvalue weighted by molar-refractivity contribution is 6.32. The first-order valence-electron chi connectivity index (χ1n) is 11.7. The Kier molecular flexibility index (Phi) is 6.41. The van der Waals surface area contributed by atoms with E-state index in [-0.39, 0.29) is 35.4 Å². The lowest BCUT2D eigenvalue weighted by Gasteiger charge is -2.30. The lowest BCUT2D eigenvalue weighted by Crippen LogP contribution is -2.54. The molecule has 11 nitrogen and oxygen atoms in total. The molecule has 2 heterocycles. The second kappa shape index (κ2) is 9.58. The van der Waals surface area contributed by atoms with E-state index in [1.807, 2.05) is 0 Å². The predicted molar refractivity (Wildman–Crippen MR) is 138 cm³/mol. The first kappa shape index (κ1) is 25.4. The van der Waals surface area contributed by atoms with E-state index in [4.69, 9.17) is 21.1 Å². The Bertz CT molecular complexity index is 1450. The first-order valence-corrected chi connectivity index (χ1v) is 12.1. The number of para-hydroxylation sites is 1. The number of fused-ring (bicyclic) bond motifs is 2. The maximum Gasteiger partial charge on any atom is 0.269 e. The summed E-state index contributed by atoms with van der Waals surface area (Å²) in [7, 11) is 3.14. The number of non-ortho nitro benzene ring substituents is 1. The molecule has 1 spiro atoms. The van der Waals surface area contributed by atoms with Crippen LogP contribution in [0.25, 0.3) is 0 Å². The van der Waals surface area contributed by atoms with Gasteiger partial charge in [0.2, 0.25) is 0 Å². The molecule has 1 amide bonds. The minimum atomic E-state index is -1.48. The summed E-state index contributed by atoms with van der Waals surface area (Å²) in [5.41, 5.74) is 0.830. The summed E-state index contributed by atoms with van der Waals surface area (Å²) in [6.45, 7) is 0.299. The van der Waals surface area contributed by atoms with Crippen molar-refractivity contribution in [3.63, 3.8) is 0 Å². The highest BCUT2D eigenvalue weighted by atomic mass is 35.5. The highest BCUT2D eigenvalue weighted by Crippen LogP contribution is 2.53. The van der Waals surface area contributed by atoms with E-state index in [1.54, 1.807) is 60.5 Å². The molecule has 1 saturated heterocycles. The van der Waals surface area contributed by atoms with Gasteiger partial charge in [-0.3, -0.25) is 29.9 Å². The molecule has 1 fully saturated rings. The minimum Gasteiger partial charge on any atom is -0.493 e. The van der Waals surface area contributed by atoms with Crippen LogP contribution in [0.3, 0.4) is 0 Å². The van der Waals surface area contributed by atoms with Crippen LogP contribution in [0, 0.1) is 20.2 Å². The number of hydrogen-bond acceptors (Lipinski definition) is 8. The number of nitrogens with one attached hydrogen (secondary N) is 1. The molecule has 1 N–H and O–H groups in total. The van der Waals surface area contributed by atoms with Crippen molar-refractivity contribution in [2.45, 2.75) is 24.1 Å². The van der Waals surface area contributed by atoms with Crippen molar-refractivity contribution in [3.05, 3.63) is 103 Å². The number of nitro benzene ring substituents is 1. The summed E-state index contributed by atoms with van der Waals surface area (Å²) < 4.78 is 11.4. The molecule has 38 heavy (non-hydrogen) atoms. The number of halogens is 1. The molecule has 3 aromatic rings. The molecule has 0 radical (unpaired) electrons. The summed E-state index contributed by atoms with van der Waals surface area (Å²) in [6, 6.07) is 14.9. The van der Waals surface area contributed by atoms with E-state index < -0.39 is 33.3 Å². The maximum absolute atomic E-state index is 13.3. The fourth-order valence-electron chi connectivity index (χ4n) is 5.54. The zero-order chi connectivity index (χ0) is 27.2. The minimum absolute atomic E-state index is 0.0352. The molecule has 0 bridgehead atoms. The number of methoxy groups -OCH3 is 1. The third-order valence-electron chi connectivity index (χ3n) is 7.25. The SMILES string of the molecule is COc1cc([C@@H]2CN(C)[C@]3(C(=O)Nc4ccccc43)[C@H]2[N+](=O)[O-])cc(Cl)c1OCc1ccc([N+](=O)[O-])cc1. The summed E-state index contributed by atoms with van der Waals surface area (Å²) in [5.74, 6) is -0.608.